The standard InChI is InChI=1S/C28H40FN3O3/c1-26-11-19-12-27(2,15-26)17-28(13-19,16-26)32-25(34)31-23-9-4-18(10-22(23)29)14-30-21-7-5-20(6-8-21)24(33)35-3/h4,9-10,19-21,30H,5-8,11-17H2,1-3H3,(H2,31,32,34)/t19?,20?,21?,26-,27-,28?/m1/s1. The number of hydrogen-bond donors (Lipinski definition) is 3. The average Bonchev–Trinajstić information content (AvgIpc) is 2.76. The third-order valence-corrected chi connectivity index (χ3v) is 9.14. The summed E-state index contributed by atoms with van der Waals surface area (Å²) in [4.78, 5) is 24.6. The molecule has 6 nitrogen and oxygen atoms in total. The van der Waals surface area contributed by atoms with E-state index >= 15 is 0 Å². The molecule has 6 rings (SSSR count). The quantitative estimate of drug-likeness (QED) is 0.464. The molecule has 0 spiro atoms. The average molecular weight is 486 g/mol. The van der Waals surface area contributed by atoms with Crippen molar-refractivity contribution in [3.63, 3.8) is 0 Å². The molecule has 192 valence electrons. The van der Waals surface area contributed by atoms with Gasteiger partial charge in [-0.25, -0.2) is 9.18 Å². The third-order valence-electron chi connectivity index (χ3n) is 9.14. The number of carbonyl (C=O) groups is 2. The van der Waals surface area contributed by atoms with Gasteiger partial charge in [0.2, 0.25) is 0 Å². The lowest BCUT2D eigenvalue weighted by Crippen LogP contribution is -2.65. The summed E-state index contributed by atoms with van der Waals surface area (Å²) in [6, 6.07) is 5.02. The third kappa shape index (κ3) is 5.20. The van der Waals surface area contributed by atoms with E-state index < -0.39 is 5.82 Å². The summed E-state index contributed by atoms with van der Waals surface area (Å²) >= 11 is 0. The Morgan fingerprint density at radius 2 is 1.71 bits per heavy atom. The molecule has 5 aliphatic carbocycles. The van der Waals surface area contributed by atoms with Gasteiger partial charge < -0.3 is 20.7 Å². The van der Waals surface area contributed by atoms with Crippen molar-refractivity contribution in [3.8, 4) is 0 Å². The number of benzene rings is 1. The molecule has 3 N–H and O–H groups in total. The SMILES string of the molecule is COC(=O)C1CCC(NCc2ccc(NC(=O)NC34CC5C[C@@](C)(C3)C[C@@](C)(C5)C4)c(F)c2)CC1. The van der Waals surface area contributed by atoms with E-state index in [1.807, 2.05) is 6.07 Å². The Hall–Kier alpha value is -2.15. The Kier molecular flexibility index (Phi) is 6.35. The molecule has 0 aromatic heterocycles. The van der Waals surface area contributed by atoms with E-state index in [1.54, 1.807) is 6.07 Å². The van der Waals surface area contributed by atoms with Gasteiger partial charge in [0.15, 0.2) is 0 Å². The summed E-state index contributed by atoms with van der Waals surface area (Å²) in [6.45, 7) is 5.31. The first-order chi connectivity index (χ1) is 16.6. The number of urea groups is 1. The summed E-state index contributed by atoms with van der Waals surface area (Å²) in [6.07, 6.45) is 10.3. The lowest BCUT2D eigenvalue weighted by atomic mass is 9.43. The highest BCUT2D eigenvalue weighted by molar-refractivity contribution is 5.90. The minimum atomic E-state index is -0.418. The van der Waals surface area contributed by atoms with Crippen LogP contribution in [0, 0.1) is 28.5 Å². The van der Waals surface area contributed by atoms with Gasteiger partial charge in [-0.1, -0.05) is 19.9 Å². The van der Waals surface area contributed by atoms with Gasteiger partial charge in [-0.3, -0.25) is 4.79 Å². The van der Waals surface area contributed by atoms with Crippen LogP contribution in [-0.4, -0.2) is 30.7 Å². The maximum Gasteiger partial charge on any atom is 0.319 e. The van der Waals surface area contributed by atoms with Crippen LogP contribution in [0.2, 0.25) is 0 Å². The Morgan fingerprint density at radius 3 is 2.31 bits per heavy atom. The summed E-state index contributed by atoms with van der Waals surface area (Å²) in [7, 11) is 1.44. The molecular weight excluding hydrogens is 445 g/mol. The smallest absolute Gasteiger partial charge is 0.319 e. The summed E-state index contributed by atoms with van der Waals surface area (Å²) < 4.78 is 19.7. The summed E-state index contributed by atoms with van der Waals surface area (Å²) in [5.41, 5.74) is 1.50. The van der Waals surface area contributed by atoms with Crippen LogP contribution in [-0.2, 0) is 16.1 Å². The van der Waals surface area contributed by atoms with Gasteiger partial charge >= 0.3 is 12.0 Å². The summed E-state index contributed by atoms with van der Waals surface area (Å²) in [5.74, 6) is 0.138. The Bertz CT molecular complexity index is 972. The van der Waals surface area contributed by atoms with Crippen LogP contribution in [0.1, 0.15) is 83.6 Å². The first kappa shape index (κ1) is 24.5. The highest BCUT2D eigenvalue weighted by atomic mass is 19.1. The van der Waals surface area contributed by atoms with E-state index in [1.165, 1.54) is 32.4 Å². The fourth-order valence-electron chi connectivity index (χ4n) is 8.71. The zero-order chi connectivity index (χ0) is 24.8. The number of ether oxygens (including phenoxy) is 1. The first-order valence-electron chi connectivity index (χ1n) is 13.3. The van der Waals surface area contributed by atoms with E-state index in [0.29, 0.717) is 29.3 Å². The van der Waals surface area contributed by atoms with Crippen molar-refractivity contribution in [3.05, 3.63) is 29.6 Å². The molecule has 5 saturated carbocycles. The van der Waals surface area contributed by atoms with Gasteiger partial charge in [0.05, 0.1) is 18.7 Å². The molecule has 0 heterocycles. The molecule has 5 aliphatic rings. The molecule has 4 bridgehead atoms. The second kappa shape index (κ2) is 9.06. The molecule has 0 saturated heterocycles. The van der Waals surface area contributed by atoms with E-state index in [2.05, 4.69) is 29.8 Å². The molecule has 35 heavy (non-hydrogen) atoms. The molecule has 7 heteroatoms. The molecule has 0 unspecified atom stereocenters. The van der Waals surface area contributed by atoms with E-state index in [9.17, 15) is 14.0 Å². The maximum absolute atomic E-state index is 14.9. The molecule has 0 radical (unpaired) electrons. The number of esters is 1. The fraction of sp³-hybridized carbons (Fsp3) is 0.714. The Balaban J connectivity index is 1.14. The topological polar surface area (TPSA) is 79.5 Å². The highest BCUT2D eigenvalue weighted by Gasteiger charge is 2.60. The zero-order valence-corrected chi connectivity index (χ0v) is 21.3. The van der Waals surface area contributed by atoms with Crippen molar-refractivity contribution in [2.24, 2.45) is 22.7 Å². The number of amides is 2. The number of carbonyl (C=O) groups excluding carboxylic acids is 2. The van der Waals surface area contributed by atoms with Crippen LogP contribution in [0.3, 0.4) is 0 Å². The molecule has 0 aliphatic heterocycles. The van der Waals surface area contributed by atoms with E-state index in [4.69, 9.17) is 4.74 Å². The number of nitrogens with one attached hydrogen (secondary N) is 3. The summed E-state index contributed by atoms with van der Waals surface area (Å²) in [5, 5.41) is 9.54. The minimum absolute atomic E-state index is 0.00357. The lowest BCUT2D eigenvalue weighted by Gasteiger charge is -2.65. The molecule has 1 aromatic carbocycles. The molecule has 5 fully saturated rings. The van der Waals surface area contributed by atoms with Gasteiger partial charge in [-0.2, -0.15) is 0 Å². The number of methoxy groups -OCH3 is 1. The number of halogens is 1. The van der Waals surface area contributed by atoms with Crippen molar-refractivity contribution in [2.75, 3.05) is 12.4 Å². The van der Waals surface area contributed by atoms with Gasteiger partial charge in [-0.05, 0) is 98.7 Å². The molecule has 2 atom stereocenters. The number of rotatable bonds is 6. The number of hydrogen-bond acceptors (Lipinski definition) is 4. The van der Waals surface area contributed by atoms with E-state index in [0.717, 1.165) is 50.5 Å². The molecule has 1 aromatic rings. The second-order valence-electron chi connectivity index (χ2n) is 12.8. The van der Waals surface area contributed by atoms with Crippen molar-refractivity contribution in [2.45, 2.75) is 96.2 Å². The predicted octanol–water partition coefficient (Wildman–Crippen LogP) is 5.52. The minimum Gasteiger partial charge on any atom is -0.469 e. The van der Waals surface area contributed by atoms with Crippen molar-refractivity contribution in [1.82, 2.24) is 10.6 Å². The number of anilines is 1. The fourth-order valence-corrected chi connectivity index (χ4v) is 8.71. The Morgan fingerprint density at radius 1 is 1.03 bits per heavy atom. The monoisotopic (exact) mass is 485 g/mol. The van der Waals surface area contributed by atoms with Crippen molar-refractivity contribution < 1.29 is 18.7 Å². The first-order valence-corrected chi connectivity index (χ1v) is 13.3. The predicted molar refractivity (Wildman–Crippen MR) is 133 cm³/mol. The molecular formula is C28H40FN3O3. The highest BCUT2D eigenvalue weighted by Crippen LogP contribution is 2.66. The van der Waals surface area contributed by atoms with Crippen molar-refractivity contribution >= 4 is 17.7 Å². The lowest BCUT2D eigenvalue weighted by molar-refractivity contribution is -0.146. The van der Waals surface area contributed by atoms with Gasteiger partial charge in [0.1, 0.15) is 5.82 Å². The normalized spacial score (nSPS) is 37.7. The largest absolute Gasteiger partial charge is 0.469 e. The van der Waals surface area contributed by atoms with Crippen molar-refractivity contribution in [1.29, 1.82) is 0 Å². The van der Waals surface area contributed by atoms with Crippen LogP contribution >= 0.6 is 0 Å². The van der Waals surface area contributed by atoms with Gasteiger partial charge in [0.25, 0.3) is 0 Å². The van der Waals surface area contributed by atoms with Crippen LogP contribution in [0.4, 0.5) is 14.9 Å². The van der Waals surface area contributed by atoms with Crippen LogP contribution in [0.25, 0.3) is 0 Å². The van der Waals surface area contributed by atoms with Crippen LogP contribution in [0.15, 0.2) is 18.2 Å². The van der Waals surface area contributed by atoms with E-state index in [-0.39, 0.29) is 29.1 Å². The van der Waals surface area contributed by atoms with Gasteiger partial charge in [0, 0.05) is 18.1 Å². The Labute approximate surface area is 208 Å². The van der Waals surface area contributed by atoms with Crippen LogP contribution < -0.4 is 16.0 Å². The van der Waals surface area contributed by atoms with Gasteiger partial charge in [-0.15, -0.1) is 0 Å². The molecule has 2 amide bonds. The zero-order valence-electron chi connectivity index (χ0n) is 21.3. The van der Waals surface area contributed by atoms with Crippen LogP contribution in [0.5, 0.6) is 0 Å². The maximum atomic E-state index is 14.9. The second-order valence-corrected chi connectivity index (χ2v) is 12.8.